The minimum Gasteiger partial charge on any atom is -0.497 e. The zero-order chi connectivity index (χ0) is 19.5. The van der Waals surface area contributed by atoms with Gasteiger partial charge >= 0.3 is 0 Å². The van der Waals surface area contributed by atoms with Gasteiger partial charge in [-0.1, -0.05) is 17.3 Å². The molecule has 2 heterocycles. The van der Waals surface area contributed by atoms with E-state index in [0.29, 0.717) is 22.8 Å². The Labute approximate surface area is 159 Å². The van der Waals surface area contributed by atoms with Gasteiger partial charge in [-0.25, -0.2) is 9.07 Å². The van der Waals surface area contributed by atoms with Crippen molar-refractivity contribution in [2.24, 2.45) is 0 Å². The van der Waals surface area contributed by atoms with Crippen molar-refractivity contribution in [3.8, 4) is 28.4 Å². The summed E-state index contributed by atoms with van der Waals surface area (Å²) in [6.45, 7) is 0.0187. The summed E-state index contributed by atoms with van der Waals surface area (Å²) in [5.41, 5.74) is 1.73. The molecule has 0 saturated heterocycles. The lowest BCUT2D eigenvalue weighted by Crippen LogP contribution is -2.23. The Hall–Kier alpha value is -3.81. The van der Waals surface area contributed by atoms with Gasteiger partial charge in [0.05, 0.1) is 12.8 Å². The summed E-state index contributed by atoms with van der Waals surface area (Å²) >= 11 is 0. The highest BCUT2D eigenvalue weighted by molar-refractivity contribution is 5.60. The Morgan fingerprint density at radius 2 is 1.89 bits per heavy atom. The second-order valence-electron chi connectivity index (χ2n) is 5.97. The molecule has 0 atom stereocenters. The van der Waals surface area contributed by atoms with E-state index in [2.05, 4.69) is 15.2 Å². The lowest BCUT2D eigenvalue weighted by Gasteiger charge is -2.06. The van der Waals surface area contributed by atoms with Crippen LogP contribution in [0.4, 0.5) is 4.39 Å². The molecule has 0 bridgehead atoms. The second kappa shape index (κ2) is 7.43. The van der Waals surface area contributed by atoms with Crippen LogP contribution in [0.3, 0.4) is 0 Å². The van der Waals surface area contributed by atoms with Crippen molar-refractivity contribution >= 4 is 0 Å². The normalized spacial score (nSPS) is 10.8. The van der Waals surface area contributed by atoms with Gasteiger partial charge in [-0.2, -0.15) is 10.1 Å². The van der Waals surface area contributed by atoms with Gasteiger partial charge in [-0.15, -0.1) is 0 Å². The molecule has 28 heavy (non-hydrogen) atoms. The summed E-state index contributed by atoms with van der Waals surface area (Å²) < 4.78 is 24.7. The Bertz CT molecular complexity index is 1170. The number of halogens is 1. The molecular formula is C20H15FN4O3. The number of nitrogens with zero attached hydrogens (tertiary/aromatic N) is 4. The molecule has 2 aromatic carbocycles. The van der Waals surface area contributed by atoms with Crippen LogP contribution in [0.2, 0.25) is 0 Å². The molecule has 0 unspecified atom stereocenters. The number of ether oxygens (including phenoxy) is 1. The fourth-order valence-corrected chi connectivity index (χ4v) is 2.66. The van der Waals surface area contributed by atoms with Crippen LogP contribution in [0.25, 0.3) is 22.6 Å². The third kappa shape index (κ3) is 3.66. The van der Waals surface area contributed by atoms with Crippen LogP contribution in [0.1, 0.15) is 5.89 Å². The molecule has 140 valence electrons. The van der Waals surface area contributed by atoms with Gasteiger partial charge in [0.1, 0.15) is 18.1 Å². The average Bonchev–Trinajstić information content (AvgIpc) is 3.19. The molecule has 2 aromatic heterocycles. The molecule has 0 aliphatic heterocycles. The van der Waals surface area contributed by atoms with E-state index in [0.717, 1.165) is 5.56 Å². The summed E-state index contributed by atoms with van der Waals surface area (Å²) in [6.07, 6.45) is 0. The fourth-order valence-electron chi connectivity index (χ4n) is 2.66. The molecule has 0 aliphatic carbocycles. The smallest absolute Gasteiger partial charge is 0.267 e. The van der Waals surface area contributed by atoms with E-state index in [1.54, 1.807) is 25.3 Å². The van der Waals surface area contributed by atoms with Gasteiger partial charge in [-0.05, 0) is 42.5 Å². The zero-order valence-electron chi connectivity index (χ0n) is 14.9. The number of rotatable bonds is 5. The summed E-state index contributed by atoms with van der Waals surface area (Å²) in [5, 5.41) is 8.26. The highest BCUT2D eigenvalue weighted by atomic mass is 19.1. The van der Waals surface area contributed by atoms with Crippen molar-refractivity contribution in [3.05, 3.63) is 82.7 Å². The van der Waals surface area contributed by atoms with Crippen LogP contribution in [0, 0.1) is 5.82 Å². The van der Waals surface area contributed by atoms with Crippen LogP contribution in [-0.4, -0.2) is 27.0 Å². The minimum atomic E-state index is -0.349. The number of hydrogen-bond acceptors (Lipinski definition) is 6. The van der Waals surface area contributed by atoms with Crippen LogP contribution in [0.15, 0.2) is 70.0 Å². The zero-order valence-corrected chi connectivity index (χ0v) is 14.9. The maximum absolute atomic E-state index is 13.0. The molecule has 0 N–H and O–H groups in total. The standard InChI is InChI=1S/C20H15FN4O3/c1-27-16-4-2-3-14(11-16)17-9-10-19(26)25(23-17)12-18-22-20(24-28-18)13-5-7-15(21)8-6-13/h2-11H,12H2,1H3. The van der Waals surface area contributed by atoms with E-state index in [9.17, 15) is 9.18 Å². The quantitative estimate of drug-likeness (QED) is 0.531. The summed E-state index contributed by atoms with van der Waals surface area (Å²) in [6, 6.07) is 16.2. The van der Waals surface area contributed by atoms with Gasteiger partial charge in [-0.3, -0.25) is 4.79 Å². The van der Waals surface area contributed by atoms with Gasteiger partial charge in [0.2, 0.25) is 11.7 Å². The van der Waals surface area contributed by atoms with Crippen molar-refractivity contribution in [3.63, 3.8) is 0 Å². The molecule has 4 aromatic rings. The molecule has 7 nitrogen and oxygen atoms in total. The maximum Gasteiger partial charge on any atom is 0.267 e. The summed E-state index contributed by atoms with van der Waals surface area (Å²) in [4.78, 5) is 16.4. The van der Waals surface area contributed by atoms with Gasteiger partial charge in [0.25, 0.3) is 5.56 Å². The number of hydrogen-bond donors (Lipinski definition) is 0. The Morgan fingerprint density at radius 3 is 2.68 bits per heavy atom. The SMILES string of the molecule is COc1cccc(-c2ccc(=O)n(Cc3nc(-c4ccc(F)cc4)no3)n2)c1. The maximum atomic E-state index is 13.0. The fraction of sp³-hybridized carbons (Fsp3) is 0.100. The van der Waals surface area contributed by atoms with Crippen LogP contribution in [0.5, 0.6) is 5.75 Å². The van der Waals surface area contributed by atoms with E-state index < -0.39 is 0 Å². The van der Waals surface area contributed by atoms with Crippen molar-refractivity contribution in [1.82, 2.24) is 19.9 Å². The summed E-state index contributed by atoms with van der Waals surface area (Å²) in [7, 11) is 1.59. The Morgan fingerprint density at radius 1 is 1.07 bits per heavy atom. The number of aromatic nitrogens is 4. The van der Waals surface area contributed by atoms with E-state index in [-0.39, 0.29) is 23.8 Å². The molecule has 4 rings (SSSR count). The van der Waals surface area contributed by atoms with Crippen LogP contribution < -0.4 is 10.3 Å². The van der Waals surface area contributed by atoms with Crippen molar-refractivity contribution in [2.45, 2.75) is 6.54 Å². The van der Waals surface area contributed by atoms with Crippen molar-refractivity contribution in [1.29, 1.82) is 0 Å². The average molecular weight is 378 g/mol. The number of benzene rings is 2. The molecule has 0 radical (unpaired) electrons. The predicted molar refractivity (Wildman–Crippen MR) is 99.3 cm³/mol. The van der Waals surface area contributed by atoms with Crippen LogP contribution >= 0.6 is 0 Å². The third-order valence-electron chi connectivity index (χ3n) is 4.09. The minimum absolute atomic E-state index is 0.0187. The van der Waals surface area contributed by atoms with Crippen LogP contribution in [-0.2, 0) is 6.54 Å². The topological polar surface area (TPSA) is 83.0 Å². The highest BCUT2D eigenvalue weighted by Crippen LogP contribution is 2.21. The van der Waals surface area contributed by atoms with E-state index in [4.69, 9.17) is 9.26 Å². The van der Waals surface area contributed by atoms with E-state index >= 15 is 0 Å². The molecule has 0 fully saturated rings. The predicted octanol–water partition coefficient (Wildman–Crippen LogP) is 3.16. The van der Waals surface area contributed by atoms with E-state index in [1.807, 2.05) is 24.3 Å². The second-order valence-corrected chi connectivity index (χ2v) is 5.97. The Kier molecular flexibility index (Phi) is 4.67. The van der Waals surface area contributed by atoms with Gasteiger partial charge in [0, 0.05) is 17.2 Å². The largest absolute Gasteiger partial charge is 0.497 e. The summed E-state index contributed by atoms with van der Waals surface area (Å²) in [5.74, 6) is 0.874. The first-order valence-electron chi connectivity index (χ1n) is 8.43. The first-order chi connectivity index (χ1) is 13.6. The highest BCUT2D eigenvalue weighted by Gasteiger charge is 2.12. The molecule has 0 saturated carbocycles. The Balaban J connectivity index is 1.61. The molecule has 8 heteroatoms. The van der Waals surface area contributed by atoms with Gasteiger partial charge < -0.3 is 9.26 Å². The van der Waals surface area contributed by atoms with Crippen molar-refractivity contribution in [2.75, 3.05) is 7.11 Å². The van der Waals surface area contributed by atoms with E-state index in [1.165, 1.54) is 22.9 Å². The monoisotopic (exact) mass is 378 g/mol. The lowest BCUT2D eigenvalue weighted by atomic mass is 10.1. The van der Waals surface area contributed by atoms with Crippen molar-refractivity contribution < 1.29 is 13.7 Å². The first-order valence-corrected chi connectivity index (χ1v) is 8.43. The lowest BCUT2D eigenvalue weighted by molar-refractivity contribution is 0.363. The molecular weight excluding hydrogens is 363 g/mol. The first kappa shape index (κ1) is 17.6. The molecule has 0 aliphatic rings. The van der Waals surface area contributed by atoms with Gasteiger partial charge in [0.15, 0.2) is 0 Å². The molecule has 0 spiro atoms. The number of methoxy groups -OCH3 is 1. The molecule has 0 amide bonds. The third-order valence-corrected chi connectivity index (χ3v) is 4.09.